The first-order valence-corrected chi connectivity index (χ1v) is 8.74. The number of benzene rings is 1. The summed E-state index contributed by atoms with van der Waals surface area (Å²) in [7, 11) is 1.71. The topological polar surface area (TPSA) is 58.4 Å². The quantitative estimate of drug-likeness (QED) is 0.721. The Bertz CT molecular complexity index is 825. The maximum absolute atomic E-state index is 13.0. The number of hydrogen-bond acceptors (Lipinski definition) is 4. The minimum absolute atomic E-state index is 0. The second-order valence-electron chi connectivity index (χ2n) is 6.51. The second kappa shape index (κ2) is 8.82. The van der Waals surface area contributed by atoms with E-state index >= 15 is 0 Å². The number of carbonyl (C=O) groups is 2. The molecule has 1 aliphatic heterocycles. The van der Waals surface area contributed by atoms with Crippen LogP contribution in [0.1, 0.15) is 27.8 Å². The largest absolute Gasteiger partial charge is 0.332 e. The van der Waals surface area contributed by atoms with Crippen molar-refractivity contribution >= 4 is 35.7 Å². The van der Waals surface area contributed by atoms with Gasteiger partial charge in [0.15, 0.2) is 11.5 Å². The van der Waals surface area contributed by atoms with Gasteiger partial charge in [0.05, 0.1) is 11.6 Å². The standard InChI is InChI=1S/C18H20ClFN4O2.ClH/c1-12-9-23(11-16(25)13-3-5-14(20)6-4-13)7-8-24(12)18(26)17-15(19)10-22(2)21-17;/h3-6,10,12H,7-9,11H2,1-2H3;1H/t12-;/m1./s1. The van der Waals surface area contributed by atoms with E-state index in [0.717, 1.165) is 0 Å². The summed E-state index contributed by atoms with van der Waals surface area (Å²) >= 11 is 6.07. The minimum Gasteiger partial charge on any atom is -0.332 e. The molecule has 1 saturated heterocycles. The molecule has 0 N–H and O–H groups in total. The fourth-order valence-electron chi connectivity index (χ4n) is 3.15. The zero-order valence-corrected chi connectivity index (χ0v) is 16.6. The van der Waals surface area contributed by atoms with Crippen LogP contribution in [-0.2, 0) is 7.05 Å². The molecule has 2 aromatic rings. The molecule has 27 heavy (non-hydrogen) atoms. The molecule has 1 atom stereocenters. The molecule has 1 aromatic carbocycles. The smallest absolute Gasteiger partial charge is 0.276 e. The molecule has 6 nitrogen and oxygen atoms in total. The average Bonchev–Trinajstić information content (AvgIpc) is 2.93. The van der Waals surface area contributed by atoms with Crippen LogP contribution >= 0.6 is 24.0 Å². The van der Waals surface area contributed by atoms with Gasteiger partial charge in [-0.05, 0) is 31.2 Å². The predicted molar refractivity (Wildman–Crippen MR) is 103 cm³/mol. The third-order valence-corrected chi connectivity index (χ3v) is 4.77. The highest BCUT2D eigenvalue weighted by molar-refractivity contribution is 6.33. The lowest BCUT2D eigenvalue weighted by molar-refractivity contribution is 0.0477. The van der Waals surface area contributed by atoms with Gasteiger partial charge >= 0.3 is 0 Å². The molecule has 0 radical (unpaired) electrons. The van der Waals surface area contributed by atoms with E-state index in [-0.39, 0.29) is 48.2 Å². The Morgan fingerprint density at radius 1 is 1.26 bits per heavy atom. The molecule has 1 aromatic heterocycles. The zero-order chi connectivity index (χ0) is 18.8. The number of halogens is 3. The number of aromatic nitrogens is 2. The summed E-state index contributed by atoms with van der Waals surface area (Å²) in [6.45, 7) is 3.81. The van der Waals surface area contributed by atoms with Gasteiger partial charge in [0.1, 0.15) is 5.82 Å². The molecule has 0 bridgehead atoms. The van der Waals surface area contributed by atoms with Gasteiger partial charge in [0.2, 0.25) is 0 Å². The molecule has 0 unspecified atom stereocenters. The number of piperazine rings is 1. The normalized spacial score (nSPS) is 17.5. The van der Waals surface area contributed by atoms with Crippen LogP contribution < -0.4 is 0 Å². The lowest BCUT2D eigenvalue weighted by atomic mass is 10.1. The highest BCUT2D eigenvalue weighted by Crippen LogP contribution is 2.19. The van der Waals surface area contributed by atoms with Gasteiger partial charge < -0.3 is 4.90 Å². The van der Waals surface area contributed by atoms with Crippen molar-refractivity contribution in [2.75, 3.05) is 26.2 Å². The molecule has 146 valence electrons. The maximum Gasteiger partial charge on any atom is 0.276 e. The van der Waals surface area contributed by atoms with Crippen LogP contribution in [0.2, 0.25) is 5.02 Å². The Hall–Kier alpha value is -1.96. The van der Waals surface area contributed by atoms with Gasteiger partial charge in [-0.2, -0.15) is 5.10 Å². The summed E-state index contributed by atoms with van der Waals surface area (Å²) in [4.78, 5) is 28.7. The first kappa shape index (κ1) is 21.3. The third-order valence-electron chi connectivity index (χ3n) is 4.49. The van der Waals surface area contributed by atoms with Crippen molar-refractivity contribution in [2.45, 2.75) is 13.0 Å². The Morgan fingerprint density at radius 3 is 2.48 bits per heavy atom. The van der Waals surface area contributed by atoms with Crippen molar-refractivity contribution in [2.24, 2.45) is 7.05 Å². The van der Waals surface area contributed by atoms with Crippen molar-refractivity contribution in [1.29, 1.82) is 0 Å². The molecule has 1 aliphatic rings. The Morgan fingerprint density at radius 2 is 1.93 bits per heavy atom. The fourth-order valence-corrected chi connectivity index (χ4v) is 3.41. The number of carbonyl (C=O) groups excluding carboxylic acids is 2. The number of Topliss-reactive ketones (excluding diaryl/α,β-unsaturated/α-hetero) is 1. The molecule has 1 amide bonds. The second-order valence-corrected chi connectivity index (χ2v) is 6.92. The summed E-state index contributed by atoms with van der Waals surface area (Å²) < 4.78 is 14.5. The molecule has 1 fully saturated rings. The number of aryl methyl sites for hydroxylation is 1. The fraction of sp³-hybridized carbons (Fsp3) is 0.389. The summed E-state index contributed by atoms with van der Waals surface area (Å²) in [5, 5.41) is 4.46. The van der Waals surface area contributed by atoms with Gasteiger partial charge in [-0.15, -0.1) is 12.4 Å². The SMILES string of the molecule is C[C@@H]1CN(CC(=O)c2ccc(F)cc2)CCN1C(=O)c1nn(C)cc1Cl.Cl. The Labute approximate surface area is 168 Å². The lowest BCUT2D eigenvalue weighted by Gasteiger charge is -2.39. The van der Waals surface area contributed by atoms with E-state index in [0.29, 0.717) is 30.2 Å². The molecule has 2 heterocycles. The van der Waals surface area contributed by atoms with E-state index in [9.17, 15) is 14.0 Å². The van der Waals surface area contributed by atoms with E-state index in [1.165, 1.54) is 28.9 Å². The van der Waals surface area contributed by atoms with Gasteiger partial charge in [-0.25, -0.2) is 4.39 Å². The van der Waals surface area contributed by atoms with Gasteiger partial charge in [0, 0.05) is 44.5 Å². The van der Waals surface area contributed by atoms with Crippen LogP contribution in [-0.4, -0.2) is 63.5 Å². The summed E-state index contributed by atoms with van der Waals surface area (Å²) in [6, 6.07) is 5.47. The van der Waals surface area contributed by atoms with E-state index in [1.54, 1.807) is 18.1 Å². The van der Waals surface area contributed by atoms with Crippen molar-refractivity contribution in [3.63, 3.8) is 0 Å². The van der Waals surface area contributed by atoms with Crippen LogP contribution in [0.4, 0.5) is 4.39 Å². The average molecular weight is 415 g/mol. The van der Waals surface area contributed by atoms with Gasteiger partial charge in [-0.1, -0.05) is 11.6 Å². The zero-order valence-electron chi connectivity index (χ0n) is 15.1. The van der Waals surface area contributed by atoms with Crippen LogP contribution in [0.3, 0.4) is 0 Å². The van der Waals surface area contributed by atoms with E-state index in [2.05, 4.69) is 5.10 Å². The molecule has 0 saturated carbocycles. The van der Waals surface area contributed by atoms with Crippen LogP contribution in [0, 0.1) is 5.82 Å². The number of nitrogens with zero attached hydrogens (tertiary/aromatic N) is 4. The summed E-state index contributed by atoms with van der Waals surface area (Å²) in [5.41, 5.74) is 0.731. The van der Waals surface area contributed by atoms with Crippen LogP contribution in [0.25, 0.3) is 0 Å². The molecule has 0 spiro atoms. The summed E-state index contributed by atoms with van der Waals surface area (Å²) in [5.74, 6) is -0.632. The number of hydrogen-bond donors (Lipinski definition) is 0. The molecule has 0 aliphatic carbocycles. The molecular weight excluding hydrogens is 394 g/mol. The van der Waals surface area contributed by atoms with Gasteiger partial charge in [-0.3, -0.25) is 19.2 Å². The monoisotopic (exact) mass is 414 g/mol. The lowest BCUT2D eigenvalue weighted by Crippen LogP contribution is -2.55. The molecule has 9 heteroatoms. The maximum atomic E-state index is 13.0. The molecular formula is C18H21Cl2FN4O2. The van der Waals surface area contributed by atoms with Crippen molar-refractivity contribution in [3.05, 3.63) is 52.6 Å². The molecule has 3 rings (SSSR count). The minimum atomic E-state index is -0.365. The van der Waals surface area contributed by atoms with Crippen LogP contribution in [0.15, 0.2) is 30.5 Å². The third kappa shape index (κ3) is 4.86. The number of amides is 1. The van der Waals surface area contributed by atoms with Gasteiger partial charge in [0.25, 0.3) is 5.91 Å². The van der Waals surface area contributed by atoms with E-state index in [1.807, 2.05) is 11.8 Å². The number of rotatable bonds is 4. The van der Waals surface area contributed by atoms with Crippen molar-refractivity contribution in [3.8, 4) is 0 Å². The van der Waals surface area contributed by atoms with Crippen molar-refractivity contribution < 1.29 is 14.0 Å². The Kier molecular flexibility index (Phi) is 6.97. The van der Waals surface area contributed by atoms with E-state index < -0.39 is 0 Å². The van der Waals surface area contributed by atoms with Crippen LogP contribution in [0.5, 0.6) is 0 Å². The predicted octanol–water partition coefficient (Wildman–Crippen LogP) is 2.66. The highest BCUT2D eigenvalue weighted by Gasteiger charge is 2.31. The number of ketones is 1. The highest BCUT2D eigenvalue weighted by atomic mass is 35.5. The summed E-state index contributed by atoms with van der Waals surface area (Å²) in [6.07, 6.45) is 1.59. The first-order chi connectivity index (χ1) is 12.3. The van der Waals surface area contributed by atoms with Crippen molar-refractivity contribution in [1.82, 2.24) is 19.6 Å². The van der Waals surface area contributed by atoms with E-state index in [4.69, 9.17) is 11.6 Å². The first-order valence-electron chi connectivity index (χ1n) is 8.36. The Balaban J connectivity index is 0.00000261.